The van der Waals surface area contributed by atoms with Gasteiger partial charge in [-0.05, 0) is 44.4 Å². The van der Waals surface area contributed by atoms with Crippen molar-refractivity contribution >= 4 is 83.6 Å². The van der Waals surface area contributed by atoms with Crippen LogP contribution in [0, 0.1) is 11.8 Å². The highest BCUT2D eigenvalue weighted by Gasteiger charge is 2.41. The summed E-state index contributed by atoms with van der Waals surface area (Å²) in [6, 6.07) is -13.0. The van der Waals surface area contributed by atoms with Gasteiger partial charge in [-0.25, -0.2) is 9.78 Å². The van der Waals surface area contributed by atoms with Crippen LogP contribution < -0.4 is 58.9 Å². The summed E-state index contributed by atoms with van der Waals surface area (Å²) in [7, 11) is 0. The van der Waals surface area contributed by atoms with E-state index in [9.17, 15) is 78.0 Å². The van der Waals surface area contributed by atoms with Crippen molar-refractivity contribution in [3.63, 3.8) is 0 Å². The van der Waals surface area contributed by atoms with Gasteiger partial charge >= 0.3 is 5.97 Å². The first-order valence-electron chi connectivity index (χ1n) is 24.6. The number of carbonyl (C=O) groups excluding carboxylic acids is 11. The molecule has 2 heterocycles. The van der Waals surface area contributed by atoms with Crippen LogP contribution in [0.5, 0.6) is 0 Å². The molecule has 77 heavy (non-hydrogen) atoms. The largest absolute Gasteiger partial charge is 0.480 e. The number of aliphatic hydroxyl groups excluding tert-OH is 4. The molecule has 1 aliphatic heterocycles. The monoisotopic (exact) mass is 1110 g/mol. The van der Waals surface area contributed by atoms with Crippen LogP contribution >= 0.6 is 12.6 Å². The molecule has 18 N–H and O–H groups in total. The number of thiol groups is 1. The number of hydrogen-bond donors (Lipinski definition) is 18. The first kappa shape index (κ1) is 66.1. The molecule has 2 rings (SSSR count). The Hall–Kier alpha value is -7.00. The molecule has 1 aromatic heterocycles. The lowest BCUT2D eigenvalue weighted by Crippen LogP contribution is -2.62. The van der Waals surface area contributed by atoms with Gasteiger partial charge in [-0.3, -0.25) is 52.7 Å². The minimum Gasteiger partial charge on any atom is -0.480 e. The first-order chi connectivity index (χ1) is 36.3. The van der Waals surface area contributed by atoms with E-state index >= 15 is 0 Å². The quantitative estimate of drug-likeness (QED) is 0.0291. The number of aromatic amines is 1. The summed E-state index contributed by atoms with van der Waals surface area (Å²) in [5, 5.41) is 72.4. The van der Waals surface area contributed by atoms with Crippen molar-refractivity contribution in [3.05, 3.63) is 18.2 Å². The minimum atomic E-state index is -1.76. The van der Waals surface area contributed by atoms with Gasteiger partial charge in [-0.2, -0.15) is 12.6 Å². The second-order valence-corrected chi connectivity index (χ2v) is 19.2. The number of aromatic nitrogens is 2. The zero-order chi connectivity index (χ0) is 58.1. The molecule has 1 fully saturated rings. The van der Waals surface area contributed by atoms with Crippen LogP contribution in [-0.2, 0) is 64.0 Å². The lowest BCUT2D eigenvalue weighted by Gasteiger charge is -2.31. The third-order valence-electron chi connectivity index (χ3n) is 11.5. The number of amides is 11. The highest BCUT2D eigenvalue weighted by Crippen LogP contribution is 2.20. The smallest absolute Gasteiger partial charge is 0.327 e. The molecule has 1 aliphatic rings. The number of aliphatic carboxylic acids is 1. The molecule has 0 aliphatic carbocycles. The molecule has 0 radical (unpaired) electrons. The number of hydrogen-bond acceptors (Lipinski definition) is 19. The zero-order valence-corrected chi connectivity index (χ0v) is 44.2. The number of nitrogens with zero attached hydrogens (tertiary/aromatic N) is 2. The highest BCUT2D eigenvalue weighted by atomic mass is 32.1. The van der Waals surface area contributed by atoms with Gasteiger partial charge in [-0.15, -0.1) is 0 Å². The highest BCUT2D eigenvalue weighted by molar-refractivity contribution is 7.80. The van der Waals surface area contributed by atoms with E-state index in [0.717, 1.165) is 4.90 Å². The Kier molecular flexibility index (Phi) is 28.5. The summed E-state index contributed by atoms with van der Waals surface area (Å²) in [4.78, 5) is 162. The van der Waals surface area contributed by atoms with Gasteiger partial charge in [0, 0.05) is 30.6 Å². The van der Waals surface area contributed by atoms with Crippen LogP contribution in [0.3, 0.4) is 0 Å². The molecule has 10 atom stereocenters. The number of nitrogens with one attached hydrogen (secondary N) is 11. The summed E-state index contributed by atoms with van der Waals surface area (Å²) in [6.07, 6.45) is 1.83. The van der Waals surface area contributed by atoms with E-state index in [1.165, 1.54) is 19.4 Å². The maximum atomic E-state index is 13.9. The fourth-order valence-electron chi connectivity index (χ4n) is 7.41. The van der Waals surface area contributed by atoms with Gasteiger partial charge in [0.1, 0.15) is 48.3 Å². The van der Waals surface area contributed by atoms with Gasteiger partial charge in [0.15, 0.2) is 0 Å². The van der Waals surface area contributed by atoms with Crippen molar-refractivity contribution in [3.8, 4) is 0 Å². The number of carbonyl (C=O) groups is 12. The van der Waals surface area contributed by atoms with Crippen LogP contribution in [-0.4, -0.2) is 224 Å². The van der Waals surface area contributed by atoms with Crippen molar-refractivity contribution in [2.24, 2.45) is 17.6 Å². The molecular weight excluding hydrogens is 1040 g/mol. The Balaban J connectivity index is 2.02. The van der Waals surface area contributed by atoms with Crippen molar-refractivity contribution in [2.75, 3.05) is 51.8 Å². The zero-order valence-electron chi connectivity index (χ0n) is 43.3. The average Bonchev–Trinajstić information content (AvgIpc) is 4.09. The van der Waals surface area contributed by atoms with Crippen molar-refractivity contribution in [1.29, 1.82) is 0 Å². The molecule has 32 heteroatoms. The minimum absolute atomic E-state index is 0.00855. The fraction of sp³-hybridized carbons (Fsp3) is 0.667. The van der Waals surface area contributed by atoms with Crippen LogP contribution in [0.4, 0.5) is 0 Å². The second-order valence-electron chi connectivity index (χ2n) is 18.8. The number of H-pyrrole nitrogens is 1. The lowest BCUT2D eigenvalue weighted by molar-refractivity contribution is -0.144. The molecule has 0 unspecified atom stereocenters. The molecule has 31 nitrogen and oxygen atoms in total. The normalized spacial score (nSPS) is 16.6. The van der Waals surface area contributed by atoms with E-state index in [4.69, 9.17) is 10.8 Å². The molecule has 11 amide bonds. The molecule has 432 valence electrons. The van der Waals surface area contributed by atoms with Crippen LogP contribution in [0.2, 0.25) is 0 Å². The van der Waals surface area contributed by atoms with Crippen LogP contribution in [0.1, 0.15) is 66.0 Å². The number of imidazole rings is 1. The molecule has 0 aromatic carbocycles. The van der Waals surface area contributed by atoms with Crippen molar-refractivity contribution in [2.45, 2.75) is 127 Å². The number of nitrogens with two attached hydrogens (primary N) is 1. The number of rotatable bonds is 33. The summed E-state index contributed by atoms with van der Waals surface area (Å²) in [6.45, 7) is 3.14. The third-order valence-corrected chi connectivity index (χ3v) is 11.8. The van der Waals surface area contributed by atoms with Gasteiger partial charge in [0.2, 0.25) is 65.0 Å². The predicted octanol–water partition coefficient (Wildman–Crippen LogP) is -8.52. The van der Waals surface area contributed by atoms with E-state index in [1.54, 1.807) is 27.7 Å². The van der Waals surface area contributed by atoms with E-state index in [2.05, 4.69) is 75.8 Å². The molecule has 0 saturated carbocycles. The Bertz CT molecular complexity index is 2200. The van der Waals surface area contributed by atoms with Crippen LogP contribution in [0.15, 0.2) is 12.5 Å². The number of likely N-dealkylation sites (tertiary alicyclic amines) is 1. The van der Waals surface area contributed by atoms with Gasteiger partial charge < -0.3 is 94.3 Å². The SMILES string of the molecule is CC(C)C[C@H](NC(=O)[C@H](CO)NC(=O)[C@H](CO)NC(=O)[C@H](CC(C)C)NC(=O)[C@@H](N)Cc1cnc[nH]1)C(=O)N[C@H](C(=O)N1CCC[C@H]1C(=O)NCC(=O)NCC(=O)NCC(=O)N[C@@H](CO)C(=O)N[C@@H](CS)C(=O)O)[C@@H](C)O. The van der Waals surface area contributed by atoms with Crippen molar-refractivity contribution in [1.82, 2.24) is 68.0 Å². The summed E-state index contributed by atoms with van der Waals surface area (Å²) < 4.78 is 0. The summed E-state index contributed by atoms with van der Waals surface area (Å²) >= 11 is 3.81. The Morgan fingerprint density at radius 1 is 0.649 bits per heavy atom. The average molecular weight is 1120 g/mol. The number of carboxylic acid groups (broad SMARTS) is 1. The van der Waals surface area contributed by atoms with E-state index < -0.39 is 171 Å². The fourth-order valence-corrected chi connectivity index (χ4v) is 7.65. The standard InChI is InChI=1S/C45H74N14O17S/c1-21(2)9-26(53-37(67)25(46)11-24-12-47-20-51-24)38(68)55-30(18-62)42(72)56-29(17-61)41(71)54-27(10-22(3)4)39(69)58-36(23(5)63)44(74)59-8-6-7-32(59)43(73)50-14-34(65)48-13-33(64)49-15-35(66)52-28(16-60)40(70)57-31(19-77)45(75)76/h12,20-23,25-32,36,60-63,77H,6-11,13-19,46H2,1-5H3,(H,47,51)(H,48,65)(H,49,64)(H,50,73)(H,52,66)(H,53,67)(H,54,71)(H,55,68)(H,56,72)(H,57,70)(H,58,69)(H,75,76)/t23-,25+,26+,27+,28+,29+,30+,31+,32+,36+/m1/s1. The van der Waals surface area contributed by atoms with Crippen molar-refractivity contribution < 1.29 is 83.1 Å². The maximum absolute atomic E-state index is 13.9. The third kappa shape index (κ3) is 22.6. The molecule has 0 spiro atoms. The topological polar surface area (TPSA) is 484 Å². The Labute approximate surface area is 448 Å². The first-order valence-corrected chi connectivity index (χ1v) is 25.2. The summed E-state index contributed by atoms with van der Waals surface area (Å²) in [5.74, 6) is -12.3. The molecular formula is C45H74N14O17S. The Morgan fingerprint density at radius 3 is 1.55 bits per heavy atom. The van der Waals surface area contributed by atoms with Gasteiger partial charge in [-0.1, -0.05) is 27.7 Å². The van der Waals surface area contributed by atoms with E-state index in [1.807, 2.05) is 0 Å². The maximum Gasteiger partial charge on any atom is 0.327 e. The van der Waals surface area contributed by atoms with E-state index in [-0.39, 0.29) is 49.8 Å². The van der Waals surface area contributed by atoms with Gasteiger partial charge in [0.25, 0.3) is 0 Å². The predicted molar refractivity (Wildman–Crippen MR) is 271 cm³/mol. The van der Waals surface area contributed by atoms with Gasteiger partial charge in [0.05, 0.1) is 57.9 Å². The summed E-state index contributed by atoms with van der Waals surface area (Å²) in [5.41, 5.74) is 6.60. The molecule has 1 aromatic rings. The van der Waals surface area contributed by atoms with Crippen LogP contribution in [0.25, 0.3) is 0 Å². The Morgan fingerprint density at radius 2 is 1.09 bits per heavy atom. The molecule has 0 bridgehead atoms. The number of carboxylic acids is 1. The second kappa shape index (κ2) is 33.2. The lowest BCUT2D eigenvalue weighted by atomic mass is 10.0. The van der Waals surface area contributed by atoms with E-state index in [0.29, 0.717) is 12.1 Å². The number of aliphatic hydroxyl groups is 4. The molecule has 1 saturated heterocycles.